The van der Waals surface area contributed by atoms with Crippen molar-refractivity contribution in [1.82, 2.24) is 5.32 Å². The molecule has 0 radical (unpaired) electrons. The van der Waals surface area contributed by atoms with Gasteiger partial charge in [-0.1, -0.05) is 20.8 Å². The Hall–Kier alpha value is -0.0800. The number of hydrogen-bond acceptors (Lipinski definition) is 2. The molecule has 0 rings (SSSR count). The predicted octanol–water partition coefficient (Wildman–Crippen LogP) is 2.44. The average molecular weight is 187 g/mol. The second-order valence-electron chi connectivity index (χ2n) is 4.63. The molecular weight excluding hydrogens is 162 g/mol. The molecule has 0 aromatic rings. The van der Waals surface area contributed by atoms with Gasteiger partial charge < -0.3 is 10.1 Å². The van der Waals surface area contributed by atoms with Gasteiger partial charge in [-0.25, -0.2) is 0 Å². The van der Waals surface area contributed by atoms with Gasteiger partial charge in [0.2, 0.25) is 0 Å². The molecule has 0 aliphatic carbocycles. The second-order valence-corrected chi connectivity index (χ2v) is 4.63. The normalized spacial score (nSPS) is 12.5. The zero-order chi connectivity index (χ0) is 10.3. The van der Waals surface area contributed by atoms with Crippen molar-refractivity contribution >= 4 is 0 Å². The SMILES string of the molecule is CCNCCC(C)(C)COC(C)C. The van der Waals surface area contributed by atoms with Crippen LogP contribution in [0.4, 0.5) is 0 Å². The van der Waals surface area contributed by atoms with Gasteiger partial charge in [0.15, 0.2) is 0 Å². The minimum Gasteiger partial charge on any atom is -0.378 e. The van der Waals surface area contributed by atoms with E-state index in [2.05, 4.69) is 39.9 Å². The molecule has 80 valence electrons. The Morgan fingerprint density at radius 2 is 1.92 bits per heavy atom. The molecule has 0 aromatic heterocycles. The zero-order valence-electron chi connectivity index (χ0n) is 9.81. The van der Waals surface area contributed by atoms with Gasteiger partial charge in [0, 0.05) is 0 Å². The molecule has 0 saturated carbocycles. The van der Waals surface area contributed by atoms with E-state index in [1.807, 2.05) is 0 Å². The van der Waals surface area contributed by atoms with E-state index in [0.29, 0.717) is 11.5 Å². The van der Waals surface area contributed by atoms with Gasteiger partial charge in [0.25, 0.3) is 0 Å². The summed E-state index contributed by atoms with van der Waals surface area (Å²) in [4.78, 5) is 0. The van der Waals surface area contributed by atoms with Crippen molar-refractivity contribution in [3.63, 3.8) is 0 Å². The average Bonchev–Trinajstić information content (AvgIpc) is 2.02. The zero-order valence-corrected chi connectivity index (χ0v) is 9.81. The number of nitrogens with one attached hydrogen (secondary N) is 1. The molecule has 0 aliphatic rings. The minimum absolute atomic E-state index is 0.298. The van der Waals surface area contributed by atoms with Crippen molar-refractivity contribution in [3.05, 3.63) is 0 Å². The van der Waals surface area contributed by atoms with Gasteiger partial charge in [-0.3, -0.25) is 0 Å². The largest absolute Gasteiger partial charge is 0.378 e. The predicted molar refractivity (Wildman–Crippen MR) is 58.0 cm³/mol. The molecule has 13 heavy (non-hydrogen) atoms. The van der Waals surface area contributed by atoms with E-state index in [1.165, 1.54) is 6.42 Å². The maximum absolute atomic E-state index is 5.61. The van der Waals surface area contributed by atoms with E-state index in [4.69, 9.17) is 4.74 Å². The first-order valence-corrected chi connectivity index (χ1v) is 5.30. The Kier molecular flexibility index (Phi) is 6.35. The van der Waals surface area contributed by atoms with E-state index in [1.54, 1.807) is 0 Å². The van der Waals surface area contributed by atoms with Crippen LogP contribution >= 0.6 is 0 Å². The van der Waals surface area contributed by atoms with E-state index >= 15 is 0 Å². The minimum atomic E-state index is 0.298. The third-order valence-corrected chi connectivity index (χ3v) is 2.04. The fourth-order valence-corrected chi connectivity index (χ4v) is 1.07. The molecule has 0 saturated heterocycles. The Morgan fingerprint density at radius 1 is 1.31 bits per heavy atom. The maximum Gasteiger partial charge on any atom is 0.0521 e. The maximum atomic E-state index is 5.61. The molecule has 0 unspecified atom stereocenters. The summed E-state index contributed by atoms with van der Waals surface area (Å²) in [6.07, 6.45) is 1.52. The van der Waals surface area contributed by atoms with Gasteiger partial charge in [-0.2, -0.15) is 0 Å². The fraction of sp³-hybridized carbons (Fsp3) is 1.00. The summed E-state index contributed by atoms with van der Waals surface area (Å²) in [5.74, 6) is 0. The molecule has 0 spiro atoms. The fourth-order valence-electron chi connectivity index (χ4n) is 1.07. The Morgan fingerprint density at radius 3 is 2.38 bits per heavy atom. The van der Waals surface area contributed by atoms with Gasteiger partial charge in [-0.15, -0.1) is 0 Å². The second kappa shape index (κ2) is 6.39. The Balaban J connectivity index is 3.54. The molecule has 0 heterocycles. The monoisotopic (exact) mass is 187 g/mol. The van der Waals surface area contributed by atoms with Crippen LogP contribution in [0, 0.1) is 5.41 Å². The van der Waals surface area contributed by atoms with Crippen LogP contribution in [0.15, 0.2) is 0 Å². The summed E-state index contributed by atoms with van der Waals surface area (Å²) in [6, 6.07) is 0. The van der Waals surface area contributed by atoms with Crippen molar-refractivity contribution < 1.29 is 4.74 Å². The molecule has 0 aliphatic heterocycles. The third kappa shape index (κ3) is 8.26. The van der Waals surface area contributed by atoms with Crippen molar-refractivity contribution in [3.8, 4) is 0 Å². The topological polar surface area (TPSA) is 21.3 Å². The lowest BCUT2D eigenvalue weighted by molar-refractivity contribution is 0.0184. The highest BCUT2D eigenvalue weighted by atomic mass is 16.5. The molecule has 0 bridgehead atoms. The summed E-state index contributed by atoms with van der Waals surface area (Å²) >= 11 is 0. The van der Waals surface area contributed by atoms with Crippen LogP contribution in [0.25, 0.3) is 0 Å². The van der Waals surface area contributed by atoms with Crippen LogP contribution in [-0.2, 0) is 4.74 Å². The smallest absolute Gasteiger partial charge is 0.0521 e. The molecule has 1 N–H and O–H groups in total. The molecule has 2 heteroatoms. The first-order valence-electron chi connectivity index (χ1n) is 5.30. The summed E-state index contributed by atoms with van der Waals surface area (Å²) in [5, 5.41) is 3.34. The molecular formula is C11H25NO. The van der Waals surface area contributed by atoms with Crippen molar-refractivity contribution in [1.29, 1.82) is 0 Å². The number of ether oxygens (including phenoxy) is 1. The van der Waals surface area contributed by atoms with Crippen molar-refractivity contribution in [2.45, 2.75) is 47.1 Å². The van der Waals surface area contributed by atoms with Crippen LogP contribution in [-0.4, -0.2) is 25.8 Å². The lowest BCUT2D eigenvalue weighted by Gasteiger charge is -2.25. The number of rotatable bonds is 7. The van der Waals surface area contributed by atoms with Gasteiger partial charge >= 0.3 is 0 Å². The first-order chi connectivity index (χ1) is 5.98. The third-order valence-electron chi connectivity index (χ3n) is 2.04. The summed E-state index contributed by atoms with van der Waals surface area (Å²) in [6.45, 7) is 13.8. The lowest BCUT2D eigenvalue weighted by atomic mass is 9.90. The lowest BCUT2D eigenvalue weighted by Crippen LogP contribution is -2.27. The van der Waals surface area contributed by atoms with Gasteiger partial charge in [-0.05, 0) is 38.8 Å². The summed E-state index contributed by atoms with van der Waals surface area (Å²) < 4.78 is 5.61. The quantitative estimate of drug-likeness (QED) is 0.618. The molecule has 0 amide bonds. The molecule has 0 atom stereocenters. The molecule has 2 nitrogen and oxygen atoms in total. The van der Waals surface area contributed by atoms with Gasteiger partial charge in [0.05, 0.1) is 12.7 Å². The first kappa shape index (κ1) is 12.9. The Bertz CT molecular complexity index is 121. The molecule has 0 aromatic carbocycles. The standard InChI is InChI=1S/C11H25NO/c1-6-12-8-7-11(4,5)9-13-10(2)3/h10,12H,6-9H2,1-5H3. The van der Waals surface area contributed by atoms with E-state index in [9.17, 15) is 0 Å². The van der Waals surface area contributed by atoms with Crippen LogP contribution in [0.2, 0.25) is 0 Å². The van der Waals surface area contributed by atoms with Gasteiger partial charge in [0.1, 0.15) is 0 Å². The van der Waals surface area contributed by atoms with Crippen LogP contribution in [0.1, 0.15) is 41.0 Å². The highest BCUT2D eigenvalue weighted by Crippen LogP contribution is 2.20. The summed E-state index contributed by atoms with van der Waals surface area (Å²) in [5.41, 5.74) is 0.298. The molecule has 0 fully saturated rings. The number of hydrogen-bond donors (Lipinski definition) is 1. The van der Waals surface area contributed by atoms with Crippen molar-refractivity contribution in [2.75, 3.05) is 19.7 Å². The van der Waals surface area contributed by atoms with E-state index in [-0.39, 0.29) is 0 Å². The highest BCUT2D eigenvalue weighted by Gasteiger charge is 2.17. The summed E-state index contributed by atoms with van der Waals surface area (Å²) in [7, 11) is 0. The van der Waals surface area contributed by atoms with Crippen LogP contribution in [0.3, 0.4) is 0 Å². The highest BCUT2D eigenvalue weighted by molar-refractivity contribution is 4.69. The van der Waals surface area contributed by atoms with Crippen LogP contribution < -0.4 is 5.32 Å². The Labute approximate surface area is 83.1 Å². The van der Waals surface area contributed by atoms with E-state index < -0.39 is 0 Å². The van der Waals surface area contributed by atoms with Crippen molar-refractivity contribution in [2.24, 2.45) is 5.41 Å². The van der Waals surface area contributed by atoms with Crippen LogP contribution in [0.5, 0.6) is 0 Å². The van der Waals surface area contributed by atoms with E-state index in [0.717, 1.165) is 19.7 Å².